The predicted octanol–water partition coefficient (Wildman–Crippen LogP) is 4.14. The van der Waals surface area contributed by atoms with E-state index in [4.69, 9.17) is 32.7 Å². The van der Waals surface area contributed by atoms with E-state index in [1.165, 1.54) is 26.3 Å². The largest absolute Gasteiger partial charge is 0.487 e. The average Bonchev–Trinajstić information content (AvgIpc) is 3.63. The monoisotopic (exact) mass is 603 g/mol. The first-order chi connectivity index (χ1) is 19.1. The lowest BCUT2D eigenvalue weighted by Gasteiger charge is -2.24. The van der Waals surface area contributed by atoms with Crippen molar-refractivity contribution in [1.29, 1.82) is 0 Å². The van der Waals surface area contributed by atoms with Gasteiger partial charge in [-0.2, -0.15) is 4.31 Å². The molecule has 0 spiro atoms. The standard InChI is InChI=1S/C27H27Cl2N5O5S/c1-16-11-21(33-10-9-31-15-33)18-5-4-6-23(26(18)32-16)39-14-19-20(28)7-8-24(25(19)29)40(36,37)34-13-17(38-3)12-22(34)27(35)30-2/h4-11,15,17,22H,12-14H2,1-3H3,(H,30,35)/t17-,22+/m1/s1. The third-order valence-electron chi connectivity index (χ3n) is 6.90. The minimum Gasteiger partial charge on any atom is -0.487 e. The summed E-state index contributed by atoms with van der Waals surface area (Å²) in [7, 11) is -1.25. The van der Waals surface area contributed by atoms with Crippen molar-refractivity contribution in [3.63, 3.8) is 0 Å². The molecule has 0 saturated carbocycles. The second kappa shape index (κ2) is 11.3. The number of nitrogens with one attached hydrogen (secondary N) is 1. The minimum absolute atomic E-state index is 0.0159. The number of benzene rings is 2. The number of rotatable bonds is 8. The van der Waals surface area contributed by atoms with Crippen LogP contribution in [0.25, 0.3) is 16.6 Å². The van der Waals surface area contributed by atoms with Crippen molar-refractivity contribution >= 4 is 50.0 Å². The van der Waals surface area contributed by atoms with Gasteiger partial charge in [0.2, 0.25) is 15.9 Å². The molecule has 0 aliphatic carbocycles. The molecule has 1 aliphatic heterocycles. The normalized spacial score (nSPS) is 17.8. The summed E-state index contributed by atoms with van der Waals surface area (Å²) in [6.45, 7) is 1.79. The second-order valence-electron chi connectivity index (χ2n) is 9.33. The van der Waals surface area contributed by atoms with Crippen molar-refractivity contribution in [3.8, 4) is 11.4 Å². The summed E-state index contributed by atoms with van der Waals surface area (Å²) in [4.78, 5) is 21.2. The number of fused-ring (bicyclic) bond motifs is 1. The van der Waals surface area contributed by atoms with Crippen LogP contribution in [0, 0.1) is 6.92 Å². The molecule has 0 unspecified atom stereocenters. The highest BCUT2D eigenvalue weighted by Crippen LogP contribution is 2.37. The number of carbonyl (C=O) groups excluding carboxylic acids is 1. The zero-order valence-electron chi connectivity index (χ0n) is 22.0. The van der Waals surface area contributed by atoms with E-state index in [1.54, 1.807) is 18.6 Å². The van der Waals surface area contributed by atoms with E-state index in [0.29, 0.717) is 16.8 Å². The first kappa shape index (κ1) is 28.3. The van der Waals surface area contributed by atoms with Crippen molar-refractivity contribution in [1.82, 2.24) is 24.2 Å². The van der Waals surface area contributed by atoms with Crippen LogP contribution in [0.2, 0.25) is 10.0 Å². The highest BCUT2D eigenvalue weighted by atomic mass is 35.5. The number of sulfonamides is 1. The first-order valence-electron chi connectivity index (χ1n) is 12.4. The van der Waals surface area contributed by atoms with Crippen LogP contribution in [-0.4, -0.2) is 66.0 Å². The Hall–Kier alpha value is -3.22. The predicted molar refractivity (Wildman–Crippen MR) is 152 cm³/mol. The van der Waals surface area contributed by atoms with Crippen LogP contribution in [0.4, 0.5) is 0 Å². The number of methoxy groups -OCH3 is 1. The lowest BCUT2D eigenvalue weighted by molar-refractivity contribution is -0.123. The zero-order valence-corrected chi connectivity index (χ0v) is 24.3. The Kier molecular flexibility index (Phi) is 8.03. The van der Waals surface area contributed by atoms with Crippen LogP contribution in [0.15, 0.2) is 60.0 Å². The quantitative estimate of drug-likeness (QED) is 0.322. The van der Waals surface area contributed by atoms with Crippen LogP contribution in [-0.2, 0) is 26.2 Å². The van der Waals surface area contributed by atoms with Crippen LogP contribution in [0.5, 0.6) is 5.75 Å². The molecule has 1 amide bonds. The number of pyridine rings is 1. The van der Waals surface area contributed by atoms with Gasteiger partial charge in [-0.05, 0) is 31.2 Å². The molecule has 0 radical (unpaired) electrons. The van der Waals surface area contributed by atoms with Crippen LogP contribution < -0.4 is 10.1 Å². The molecule has 10 nitrogen and oxygen atoms in total. The number of nitrogens with zero attached hydrogens (tertiary/aromatic N) is 4. The van der Waals surface area contributed by atoms with E-state index in [9.17, 15) is 13.2 Å². The molecule has 40 heavy (non-hydrogen) atoms. The van der Waals surface area contributed by atoms with Gasteiger partial charge in [0.25, 0.3) is 0 Å². The van der Waals surface area contributed by atoms with E-state index < -0.39 is 28.1 Å². The van der Waals surface area contributed by atoms with E-state index in [0.717, 1.165) is 21.1 Å². The van der Waals surface area contributed by atoms with Crippen LogP contribution in [0.3, 0.4) is 0 Å². The topological polar surface area (TPSA) is 116 Å². The molecular formula is C27H27Cl2N5O5S. The van der Waals surface area contributed by atoms with Gasteiger partial charge in [0.1, 0.15) is 28.8 Å². The van der Waals surface area contributed by atoms with Crippen molar-refractivity contribution in [2.24, 2.45) is 0 Å². The van der Waals surface area contributed by atoms with Gasteiger partial charge in [0.05, 0.1) is 23.1 Å². The molecular weight excluding hydrogens is 577 g/mol. The number of hydrogen-bond acceptors (Lipinski definition) is 7. The lowest BCUT2D eigenvalue weighted by Crippen LogP contribution is -2.44. The summed E-state index contributed by atoms with van der Waals surface area (Å²) in [5, 5.41) is 3.53. The van der Waals surface area contributed by atoms with Crippen molar-refractivity contribution in [2.45, 2.75) is 37.0 Å². The van der Waals surface area contributed by atoms with Gasteiger partial charge in [-0.25, -0.2) is 18.4 Å². The summed E-state index contributed by atoms with van der Waals surface area (Å²) in [6, 6.07) is 9.37. The minimum atomic E-state index is -4.18. The molecule has 2 aromatic heterocycles. The van der Waals surface area contributed by atoms with E-state index >= 15 is 0 Å². The molecule has 2 aromatic carbocycles. The number of para-hydroxylation sites is 1. The number of carbonyl (C=O) groups is 1. The number of hydrogen-bond donors (Lipinski definition) is 1. The highest BCUT2D eigenvalue weighted by molar-refractivity contribution is 7.89. The van der Waals surface area contributed by atoms with Gasteiger partial charge in [-0.15, -0.1) is 0 Å². The Bertz CT molecular complexity index is 1680. The summed E-state index contributed by atoms with van der Waals surface area (Å²) >= 11 is 13.2. The van der Waals surface area contributed by atoms with E-state index in [1.807, 2.05) is 35.9 Å². The Balaban J connectivity index is 1.49. The maximum absolute atomic E-state index is 13.8. The van der Waals surface area contributed by atoms with Gasteiger partial charge in [-0.1, -0.05) is 35.3 Å². The Labute approximate surface area is 241 Å². The Morgan fingerprint density at radius 2 is 2.02 bits per heavy atom. The number of aryl methyl sites for hydroxylation is 1. The Morgan fingerprint density at radius 3 is 2.73 bits per heavy atom. The number of amides is 1. The van der Waals surface area contributed by atoms with E-state index in [2.05, 4.69) is 15.3 Å². The molecule has 210 valence electrons. The molecule has 1 fully saturated rings. The molecule has 0 bridgehead atoms. The highest BCUT2D eigenvalue weighted by Gasteiger charge is 2.44. The smallest absolute Gasteiger partial charge is 0.245 e. The fourth-order valence-electron chi connectivity index (χ4n) is 4.85. The van der Waals surface area contributed by atoms with Gasteiger partial charge in [0, 0.05) is 61.2 Å². The summed E-state index contributed by atoms with van der Waals surface area (Å²) in [5.41, 5.74) is 2.59. The number of ether oxygens (including phenoxy) is 2. The van der Waals surface area contributed by atoms with Crippen LogP contribution in [0.1, 0.15) is 17.7 Å². The third kappa shape index (κ3) is 5.15. The third-order valence-corrected chi connectivity index (χ3v) is 9.72. The summed E-state index contributed by atoms with van der Waals surface area (Å²) < 4.78 is 42.0. The molecule has 1 saturated heterocycles. The van der Waals surface area contributed by atoms with Crippen molar-refractivity contribution < 1.29 is 22.7 Å². The van der Waals surface area contributed by atoms with Gasteiger partial charge < -0.3 is 19.4 Å². The summed E-state index contributed by atoms with van der Waals surface area (Å²) in [6.07, 6.45) is 5.04. The molecule has 3 heterocycles. The lowest BCUT2D eigenvalue weighted by atomic mass is 10.1. The maximum Gasteiger partial charge on any atom is 0.245 e. The van der Waals surface area contributed by atoms with Crippen molar-refractivity contribution in [3.05, 3.63) is 76.4 Å². The number of halogens is 2. The molecule has 5 rings (SSSR count). The average molecular weight is 605 g/mol. The second-order valence-corrected chi connectivity index (χ2v) is 12.0. The maximum atomic E-state index is 13.8. The number of imidazole rings is 1. The Morgan fingerprint density at radius 1 is 1.23 bits per heavy atom. The fourth-order valence-corrected chi connectivity index (χ4v) is 7.35. The fraction of sp³-hybridized carbons (Fsp3) is 0.296. The van der Waals surface area contributed by atoms with Gasteiger partial charge >= 0.3 is 0 Å². The van der Waals surface area contributed by atoms with Gasteiger partial charge in [-0.3, -0.25) is 4.79 Å². The first-order valence-corrected chi connectivity index (χ1v) is 14.6. The molecule has 1 N–H and O–H groups in total. The molecule has 2 atom stereocenters. The van der Waals surface area contributed by atoms with E-state index in [-0.39, 0.29) is 34.5 Å². The zero-order chi connectivity index (χ0) is 28.6. The summed E-state index contributed by atoms with van der Waals surface area (Å²) in [5.74, 6) is 0.0516. The molecule has 13 heteroatoms. The SMILES string of the molecule is CNC(=O)[C@@H]1C[C@@H](OC)CN1S(=O)(=O)c1ccc(Cl)c(COc2cccc3c(-n4ccnc4)cc(C)nc23)c1Cl. The number of aromatic nitrogens is 3. The molecule has 4 aromatic rings. The van der Waals surface area contributed by atoms with Crippen molar-refractivity contribution in [2.75, 3.05) is 20.7 Å². The molecule has 1 aliphatic rings. The van der Waals surface area contributed by atoms with Crippen LogP contribution >= 0.6 is 23.2 Å². The van der Waals surface area contributed by atoms with Gasteiger partial charge in [0.15, 0.2) is 0 Å². The number of likely N-dealkylation sites (N-methyl/N-ethyl adjacent to an activating group) is 1.